The summed E-state index contributed by atoms with van der Waals surface area (Å²) in [5, 5.41) is 11.2. The lowest BCUT2D eigenvalue weighted by Gasteiger charge is -2.32. The lowest BCUT2D eigenvalue weighted by molar-refractivity contribution is -0.384. The Morgan fingerprint density at radius 3 is 2.23 bits per heavy atom. The molecule has 0 N–H and O–H groups in total. The molecule has 6 nitrogen and oxygen atoms in total. The quantitative estimate of drug-likeness (QED) is 0.467. The molecule has 3 rings (SSSR count). The Hall–Kier alpha value is -2.38. The molecular formula is C19H22BNO5. The van der Waals surface area contributed by atoms with Gasteiger partial charge in [-0.2, -0.15) is 0 Å². The minimum atomic E-state index is -0.731. The molecule has 0 aromatic heterocycles. The third-order valence-corrected chi connectivity index (χ3v) is 4.95. The maximum absolute atomic E-state index is 11.2. The van der Waals surface area contributed by atoms with E-state index in [0.717, 1.165) is 5.56 Å². The number of non-ortho nitro benzene ring substituents is 1. The van der Waals surface area contributed by atoms with Crippen LogP contribution in [0.25, 0.3) is 0 Å². The van der Waals surface area contributed by atoms with E-state index in [1.165, 1.54) is 12.1 Å². The van der Waals surface area contributed by atoms with Crippen LogP contribution in [0.2, 0.25) is 0 Å². The molecule has 2 aromatic rings. The van der Waals surface area contributed by atoms with Crippen molar-refractivity contribution in [3.8, 4) is 5.75 Å². The first-order valence-electron chi connectivity index (χ1n) is 8.50. The van der Waals surface area contributed by atoms with E-state index in [1.54, 1.807) is 6.07 Å². The molecule has 1 aliphatic heterocycles. The average molecular weight is 355 g/mol. The summed E-state index contributed by atoms with van der Waals surface area (Å²) < 4.78 is 18.0. The highest BCUT2D eigenvalue weighted by Crippen LogP contribution is 2.37. The van der Waals surface area contributed by atoms with E-state index < -0.39 is 23.2 Å². The number of hydrogen-bond donors (Lipinski definition) is 0. The fourth-order valence-corrected chi connectivity index (χ4v) is 2.67. The fraction of sp³-hybridized carbons (Fsp3) is 0.368. The van der Waals surface area contributed by atoms with Crippen LogP contribution in [-0.2, 0) is 15.9 Å². The number of nitro benzene ring substituents is 1. The van der Waals surface area contributed by atoms with Crippen LogP contribution in [0, 0.1) is 10.1 Å². The van der Waals surface area contributed by atoms with Crippen molar-refractivity contribution in [2.45, 2.75) is 45.5 Å². The topological polar surface area (TPSA) is 70.8 Å². The minimum absolute atomic E-state index is 0.0261. The third-order valence-electron chi connectivity index (χ3n) is 4.95. The summed E-state index contributed by atoms with van der Waals surface area (Å²) in [6.07, 6.45) is 0. The van der Waals surface area contributed by atoms with Gasteiger partial charge in [0.25, 0.3) is 5.69 Å². The summed E-state index contributed by atoms with van der Waals surface area (Å²) in [4.78, 5) is 10.8. The molecule has 0 saturated carbocycles. The van der Waals surface area contributed by atoms with Crippen molar-refractivity contribution in [3.05, 3.63) is 64.2 Å². The van der Waals surface area contributed by atoms with E-state index in [9.17, 15) is 10.1 Å². The van der Waals surface area contributed by atoms with Crippen LogP contribution in [0.1, 0.15) is 33.3 Å². The second kappa shape index (κ2) is 6.74. The van der Waals surface area contributed by atoms with Gasteiger partial charge >= 0.3 is 7.12 Å². The van der Waals surface area contributed by atoms with Gasteiger partial charge in [-0.25, -0.2) is 0 Å². The Kier molecular flexibility index (Phi) is 4.77. The molecule has 26 heavy (non-hydrogen) atoms. The molecule has 0 radical (unpaired) electrons. The van der Waals surface area contributed by atoms with Crippen molar-refractivity contribution < 1.29 is 19.0 Å². The Morgan fingerprint density at radius 2 is 1.65 bits per heavy atom. The number of rotatable bonds is 5. The lowest BCUT2D eigenvalue weighted by Crippen LogP contribution is -2.41. The smallest absolute Gasteiger partial charge is 0.489 e. The molecule has 0 unspecified atom stereocenters. The highest BCUT2D eigenvalue weighted by atomic mass is 16.7. The minimum Gasteiger partial charge on any atom is -0.489 e. The van der Waals surface area contributed by atoms with Crippen molar-refractivity contribution in [2.24, 2.45) is 0 Å². The van der Waals surface area contributed by atoms with Gasteiger partial charge in [0.05, 0.1) is 16.1 Å². The molecule has 1 aliphatic rings. The van der Waals surface area contributed by atoms with Gasteiger partial charge in [-0.15, -0.1) is 0 Å². The van der Waals surface area contributed by atoms with Gasteiger partial charge in [0.15, 0.2) is 0 Å². The molecule has 0 atom stereocenters. The van der Waals surface area contributed by atoms with Crippen LogP contribution >= 0.6 is 0 Å². The number of hydrogen-bond acceptors (Lipinski definition) is 5. The molecule has 1 saturated heterocycles. The summed E-state index contributed by atoms with van der Waals surface area (Å²) in [5.41, 5.74) is 0.416. The molecule has 136 valence electrons. The zero-order valence-corrected chi connectivity index (χ0v) is 15.4. The van der Waals surface area contributed by atoms with Gasteiger partial charge in [-0.1, -0.05) is 30.3 Å². The number of nitro groups is 1. The van der Waals surface area contributed by atoms with Crippen LogP contribution < -0.4 is 10.2 Å². The maximum Gasteiger partial charge on any atom is 0.498 e. The Bertz CT molecular complexity index is 791. The zero-order chi connectivity index (χ0) is 18.9. The highest BCUT2D eigenvalue weighted by molar-refractivity contribution is 6.63. The van der Waals surface area contributed by atoms with E-state index in [2.05, 4.69) is 0 Å². The van der Waals surface area contributed by atoms with Gasteiger partial charge in [0, 0.05) is 17.6 Å². The first-order valence-corrected chi connectivity index (χ1v) is 8.50. The van der Waals surface area contributed by atoms with Crippen molar-refractivity contribution in [1.29, 1.82) is 0 Å². The van der Waals surface area contributed by atoms with E-state index in [0.29, 0.717) is 17.8 Å². The number of ether oxygens (including phenoxy) is 1. The molecule has 0 aliphatic carbocycles. The average Bonchev–Trinajstić information content (AvgIpc) is 2.81. The predicted octanol–water partition coefficient (Wildman–Crippen LogP) is 3.47. The second-order valence-electron chi connectivity index (χ2n) is 7.34. The monoisotopic (exact) mass is 355 g/mol. The second-order valence-corrected chi connectivity index (χ2v) is 7.34. The maximum atomic E-state index is 11.2. The lowest BCUT2D eigenvalue weighted by atomic mass is 9.78. The number of nitrogens with zero attached hydrogens (tertiary/aromatic N) is 1. The summed E-state index contributed by atoms with van der Waals surface area (Å²) in [7, 11) is -0.731. The Balaban J connectivity index is 1.91. The SMILES string of the molecule is CC1(C)OB(c2cc([N+](=O)[O-])ccc2OCc2ccccc2)OC1(C)C. The molecule has 1 heterocycles. The van der Waals surface area contributed by atoms with Gasteiger partial charge in [0.2, 0.25) is 0 Å². The summed E-state index contributed by atoms with van der Waals surface area (Å²) in [6.45, 7) is 8.11. The van der Waals surface area contributed by atoms with Gasteiger partial charge < -0.3 is 14.0 Å². The zero-order valence-electron chi connectivity index (χ0n) is 15.4. The molecular weight excluding hydrogens is 333 g/mol. The Labute approximate surface area is 153 Å². The van der Waals surface area contributed by atoms with Crippen molar-refractivity contribution in [3.63, 3.8) is 0 Å². The molecule has 0 amide bonds. The van der Waals surface area contributed by atoms with Crippen LogP contribution in [0.3, 0.4) is 0 Å². The largest absolute Gasteiger partial charge is 0.498 e. The molecule has 0 spiro atoms. The van der Waals surface area contributed by atoms with Crippen molar-refractivity contribution in [1.82, 2.24) is 0 Å². The highest BCUT2D eigenvalue weighted by Gasteiger charge is 2.52. The van der Waals surface area contributed by atoms with Crippen molar-refractivity contribution in [2.75, 3.05) is 0 Å². The molecule has 7 heteroatoms. The normalized spacial score (nSPS) is 17.9. The van der Waals surface area contributed by atoms with Crippen LogP contribution in [0.15, 0.2) is 48.5 Å². The van der Waals surface area contributed by atoms with E-state index in [4.69, 9.17) is 14.0 Å². The van der Waals surface area contributed by atoms with E-state index in [1.807, 2.05) is 58.0 Å². The van der Waals surface area contributed by atoms with E-state index in [-0.39, 0.29) is 5.69 Å². The third kappa shape index (κ3) is 3.59. The standard InChI is InChI=1S/C19H22BNO5/c1-18(2)19(3,4)26-20(25-18)16-12-15(21(22)23)10-11-17(16)24-13-14-8-6-5-7-9-14/h5-12H,13H2,1-4H3. The fourth-order valence-electron chi connectivity index (χ4n) is 2.67. The van der Waals surface area contributed by atoms with E-state index >= 15 is 0 Å². The van der Waals surface area contributed by atoms with Crippen LogP contribution in [0.5, 0.6) is 5.75 Å². The van der Waals surface area contributed by atoms with Crippen LogP contribution in [-0.4, -0.2) is 23.2 Å². The Morgan fingerprint density at radius 1 is 1.04 bits per heavy atom. The first kappa shape index (κ1) is 18.4. The summed E-state index contributed by atoms with van der Waals surface area (Å²) in [5.74, 6) is 0.512. The van der Waals surface area contributed by atoms with Crippen LogP contribution in [0.4, 0.5) is 5.69 Å². The van der Waals surface area contributed by atoms with Gasteiger partial charge in [-0.05, 0) is 39.3 Å². The van der Waals surface area contributed by atoms with Crippen molar-refractivity contribution >= 4 is 18.3 Å². The molecule has 2 aromatic carbocycles. The van der Waals surface area contributed by atoms with Gasteiger partial charge in [0.1, 0.15) is 12.4 Å². The summed E-state index contributed by atoms with van der Waals surface area (Å²) in [6, 6.07) is 14.2. The molecule has 1 fully saturated rings. The molecule has 0 bridgehead atoms. The van der Waals surface area contributed by atoms with Gasteiger partial charge in [-0.3, -0.25) is 10.1 Å². The first-order chi connectivity index (χ1) is 12.2. The summed E-state index contributed by atoms with van der Waals surface area (Å²) >= 11 is 0. The number of benzene rings is 2. The predicted molar refractivity (Wildman–Crippen MR) is 99.6 cm³/mol.